The molecule has 0 spiro atoms. The van der Waals surface area contributed by atoms with Crippen LogP contribution in [0.1, 0.15) is 11.3 Å². The molecule has 1 heterocycles. The van der Waals surface area contributed by atoms with Gasteiger partial charge >= 0.3 is 0 Å². The van der Waals surface area contributed by atoms with Crippen LogP contribution in [0.25, 0.3) is 11.3 Å². The summed E-state index contributed by atoms with van der Waals surface area (Å²) in [4.78, 5) is 10.5. The van der Waals surface area contributed by atoms with E-state index in [-0.39, 0.29) is 5.69 Å². The maximum atomic E-state index is 10.5. The largest absolute Gasteiger partial charge is 0.355 e. The molecule has 0 amide bonds. The predicted octanol–water partition coefficient (Wildman–Crippen LogP) is 3.41. The lowest BCUT2D eigenvalue weighted by atomic mass is 10.1. The van der Waals surface area contributed by atoms with Crippen LogP contribution in [0.2, 0.25) is 10.0 Å². The molecule has 2 aromatic rings. The molecule has 0 saturated heterocycles. The molecule has 0 fully saturated rings. The Morgan fingerprint density at radius 1 is 1.38 bits per heavy atom. The number of carbonyl (C=O) groups excluding carboxylic acids is 1. The highest BCUT2D eigenvalue weighted by Crippen LogP contribution is 2.35. The van der Waals surface area contributed by atoms with Gasteiger partial charge in [-0.1, -0.05) is 34.4 Å². The summed E-state index contributed by atoms with van der Waals surface area (Å²) >= 11 is 11.9. The topological polar surface area (TPSA) is 43.1 Å². The van der Waals surface area contributed by atoms with Crippen LogP contribution in [-0.2, 0) is 4.79 Å². The second-order valence-corrected chi connectivity index (χ2v) is 3.97. The maximum Gasteiger partial charge on any atom is 0.257 e. The van der Waals surface area contributed by atoms with Crippen LogP contribution in [0.5, 0.6) is 0 Å². The molecule has 1 aromatic heterocycles. The van der Waals surface area contributed by atoms with Gasteiger partial charge in [-0.25, -0.2) is 0 Å². The van der Waals surface area contributed by atoms with Crippen molar-refractivity contribution >= 4 is 29.5 Å². The molecule has 5 heteroatoms. The summed E-state index contributed by atoms with van der Waals surface area (Å²) in [6.45, 7) is 1.71. The zero-order valence-corrected chi connectivity index (χ0v) is 9.76. The van der Waals surface area contributed by atoms with E-state index in [4.69, 9.17) is 27.7 Å². The van der Waals surface area contributed by atoms with Crippen molar-refractivity contribution in [3.05, 3.63) is 39.5 Å². The summed E-state index contributed by atoms with van der Waals surface area (Å²) in [5, 5.41) is 4.38. The van der Waals surface area contributed by atoms with Crippen molar-refractivity contribution in [2.24, 2.45) is 0 Å². The van der Waals surface area contributed by atoms with Crippen molar-refractivity contribution < 1.29 is 9.32 Å². The van der Waals surface area contributed by atoms with E-state index in [1.165, 1.54) is 0 Å². The van der Waals surface area contributed by atoms with E-state index in [2.05, 4.69) is 5.16 Å². The lowest BCUT2D eigenvalue weighted by Gasteiger charge is -2.02. The highest BCUT2D eigenvalue weighted by atomic mass is 35.5. The molecule has 0 saturated carbocycles. The quantitative estimate of drug-likeness (QED) is 0.825. The highest BCUT2D eigenvalue weighted by molar-refractivity contribution is 6.43. The van der Waals surface area contributed by atoms with E-state index in [9.17, 15) is 4.79 Å². The van der Waals surface area contributed by atoms with Gasteiger partial charge < -0.3 is 4.52 Å². The van der Waals surface area contributed by atoms with Crippen LogP contribution in [0.3, 0.4) is 0 Å². The number of nitrogens with zero attached hydrogens (tertiary/aromatic N) is 1. The van der Waals surface area contributed by atoms with Gasteiger partial charge in [0, 0.05) is 11.1 Å². The zero-order chi connectivity index (χ0) is 11.7. The fourth-order valence-electron chi connectivity index (χ4n) is 1.36. The molecule has 3 nitrogen and oxygen atoms in total. The van der Waals surface area contributed by atoms with Crippen molar-refractivity contribution in [1.82, 2.24) is 5.16 Å². The second-order valence-electron chi connectivity index (χ2n) is 3.19. The fraction of sp³-hybridized carbons (Fsp3) is 0.0909. The second kappa shape index (κ2) is 4.28. The van der Waals surface area contributed by atoms with E-state index in [1.54, 1.807) is 31.4 Å². The molecule has 0 bridgehead atoms. The fourth-order valence-corrected chi connectivity index (χ4v) is 1.75. The molecule has 0 atom stereocenters. The number of hydrogen-bond acceptors (Lipinski definition) is 3. The van der Waals surface area contributed by atoms with Gasteiger partial charge in [-0.3, -0.25) is 4.79 Å². The molecule has 0 aliphatic heterocycles. The standard InChI is InChI=1S/C11H6Cl2NO2/c1-6-9(5-15)14-16-11(6)7-3-2-4-8(12)10(7)13/h2-4H,1H3. The van der Waals surface area contributed by atoms with Crippen molar-refractivity contribution in [1.29, 1.82) is 0 Å². The van der Waals surface area contributed by atoms with Crippen LogP contribution in [-0.4, -0.2) is 11.4 Å². The molecular weight excluding hydrogens is 249 g/mol. The molecule has 1 aromatic carbocycles. The third kappa shape index (κ3) is 1.72. The van der Waals surface area contributed by atoms with Gasteiger partial charge in [0.15, 0.2) is 11.5 Å². The lowest BCUT2D eigenvalue weighted by Crippen LogP contribution is -1.84. The summed E-state index contributed by atoms with van der Waals surface area (Å²) in [6, 6.07) is 5.16. The Kier molecular flexibility index (Phi) is 2.99. The summed E-state index contributed by atoms with van der Waals surface area (Å²) in [5.74, 6) is 0.436. The van der Waals surface area contributed by atoms with Gasteiger partial charge in [0.25, 0.3) is 6.29 Å². The van der Waals surface area contributed by atoms with Crippen molar-refractivity contribution in [3.8, 4) is 11.3 Å². The van der Waals surface area contributed by atoms with E-state index >= 15 is 0 Å². The molecule has 0 unspecified atom stereocenters. The van der Waals surface area contributed by atoms with Crippen LogP contribution in [0.15, 0.2) is 22.7 Å². The molecule has 16 heavy (non-hydrogen) atoms. The van der Waals surface area contributed by atoms with E-state index < -0.39 is 0 Å². The van der Waals surface area contributed by atoms with Gasteiger partial charge in [0.2, 0.25) is 0 Å². The number of aromatic nitrogens is 1. The Morgan fingerprint density at radius 3 is 2.75 bits per heavy atom. The smallest absolute Gasteiger partial charge is 0.257 e. The Morgan fingerprint density at radius 2 is 2.12 bits per heavy atom. The first-order valence-corrected chi connectivity index (χ1v) is 5.19. The first kappa shape index (κ1) is 11.2. The maximum absolute atomic E-state index is 10.5. The Labute approximate surface area is 102 Å². The van der Waals surface area contributed by atoms with E-state index in [0.29, 0.717) is 26.9 Å². The Hall–Kier alpha value is -1.32. The number of rotatable bonds is 2. The van der Waals surface area contributed by atoms with Crippen LogP contribution in [0, 0.1) is 6.92 Å². The molecule has 1 radical (unpaired) electrons. The average molecular weight is 255 g/mol. The van der Waals surface area contributed by atoms with Crippen LogP contribution >= 0.6 is 23.2 Å². The van der Waals surface area contributed by atoms with Gasteiger partial charge in [-0.2, -0.15) is 0 Å². The third-order valence-electron chi connectivity index (χ3n) is 2.22. The molecule has 81 valence electrons. The van der Waals surface area contributed by atoms with Crippen LogP contribution < -0.4 is 0 Å². The normalized spacial score (nSPS) is 10.4. The van der Waals surface area contributed by atoms with Gasteiger partial charge in [-0.05, 0) is 19.1 Å². The van der Waals surface area contributed by atoms with Crippen molar-refractivity contribution in [2.75, 3.05) is 0 Å². The minimum Gasteiger partial charge on any atom is -0.355 e. The summed E-state index contributed by atoms with van der Waals surface area (Å²) in [7, 11) is 0. The van der Waals surface area contributed by atoms with Gasteiger partial charge in [-0.15, -0.1) is 0 Å². The van der Waals surface area contributed by atoms with Gasteiger partial charge in [0.1, 0.15) is 0 Å². The summed E-state index contributed by atoms with van der Waals surface area (Å²) in [5.41, 5.74) is 1.35. The zero-order valence-electron chi connectivity index (χ0n) is 8.25. The summed E-state index contributed by atoms with van der Waals surface area (Å²) in [6.07, 6.45) is 1.69. The molecular formula is C11H6Cl2NO2. The average Bonchev–Trinajstić information content (AvgIpc) is 2.64. The van der Waals surface area contributed by atoms with Crippen molar-refractivity contribution in [3.63, 3.8) is 0 Å². The third-order valence-corrected chi connectivity index (χ3v) is 3.04. The molecule has 0 aliphatic rings. The molecule has 0 N–H and O–H groups in total. The first-order valence-electron chi connectivity index (χ1n) is 4.44. The number of benzene rings is 1. The first-order chi connectivity index (χ1) is 7.65. The van der Waals surface area contributed by atoms with Gasteiger partial charge in [0.05, 0.1) is 10.0 Å². The predicted molar refractivity (Wildman–Crippen MR) is 61.5 cm³/mol. The Balaban J connectivity index is 2.63. The minimum absolute atomic E-state index is 0.144. The monoisotopic (exact) mass is 254 g/mol. The molecule has 0 aliphatic carbocycles. The SMILES string of the molecule is Cc1c([C]=O)noc1-c1cccc(Cl)c1Cl. The van der Waals surface area contributed by atoms with Crippen molar-refractivity contribution in [2.45, 2.75) is 6.92 Å². The number of halogens is 2. The minimum atomic E-state index is 0.144. The Bertz CT molecular complexity index is 549. The van der Waals surface area contributed by atoms with E-state index in [0.717, 1.165) is 0 Å². The number of hydrogen-bond donors (Lipinski definition) is 0. The summed E-state index contributed by atoms with van der Waals surface area (Å²) < 4.78 is 5.05. The molecule has 2 rings (SSSR count). The lowest BCUT2D eigenvalue weighted by molar-refractivity contribution is 0.429. The van der Waals surface area contributed by atoms with Crippen LogP contribution in [0.4, 0.5) is 0 Å². The highest BCUT2D eigenvalue weighted by Gasteiger charge is 2.17. The van der Waals surface area contributed by atoms with E-state index in [1.807, 2.05) is 0 Å².